The van der Waals surface area contributed by atoms with Gasteiger partial charge in [0.15, 0.2) is 0 Å². The lowest BCUT2D eigenvalue weighted by molar-refractivity contribution is 0.129. The van der Waals surface area contributed by atoms with Crippen LogP contribution in [0, 0.1) is 5.92 Å². The zero-order chi connectivity index (χ0) is 11.0. The maximum absolute atomic E-state index is 3.68. The van der Waals surface area contributed by atoms with Gasteiger partial charge in [0.05, 0.1) is 0 Å². The molecule has 3 rings (SSSR count). The third kappa shape index (κ3) is 1.90. The third-order valence-electron chi connectivity index (χ3n) is 4.78. The molecule has 1 nitrogen and oxygen atoms in total. The smallest absolute Gasteiger partial charge is 0.0463 e. The Balaban J connectivity index is 0.00000108. The Morgan fingerprint density at radius 1 is 1.18 bits per heavy atom. The van der Waals surface area contributed by atoms with Crippen LogP contribution in [0.1, 0.15) is 43.2 Å². The Morgan fingerprint density at radius 3 is 2.82 bits per heavy atom. The van der Waals surface area contributed by atoms with Crippen LogP contribution in [0.3, 0.4) is 0 Å². The maximum Gasteiger partial charge on any atom is 0.0463 e. The Kier molecular flexibility index (Phi) is 3.79. The van der Waals surface area contributed by atoms with Gasteiger partial charge in [-0.05, 0) is 49.8 Å². The number of halogens is 1. The highest BCUT2D eigenvalue weighted by Crippen LogP contribution is 2.47. The summed E-state index contributed by atoms with van der Waals surface area (Å²) in [5.74, 6) is 0.862. The van der Waals surface area contributed by atoms with E-state index >= 15 is 0 Å². The maximum atomic E-state index is 3.68. The molecule has 0 saturated heterocycles. The van der Waals surface area contributed by atoms with Gasteiger partial charge >= 0.3 is 0 Å². The van der Waals surface area contributed by atoms with E-state index in [4.69, 9.17) is 0 Å². The molecule has 2 atom stereocenters. The molecule has 0 aliphatic heterocycles. The number of nitrogens with one attached hydrogen (secondary N) is 1. The summed E-state index contributed by atoms with van der Waals surface area (Å²) in [4.78, 5) is 0. The first kappa shape index (κ1) is 12.9. The van der Waals surface area contributed by atoms with E-state index in [0.29, 0.717) is 5.54 Å². The second-order valence-electron chi connectivity index (χ2n) is 5.36. The highest BCUT2D eigenvalue weighted by Gasteiger charge is 2.43. The van der Waals surface area contributed by atoms with Crippen molar-refractivity contribution in [1.29, 1.82) is 0 Å². The van der Waals surface area contributed by atoms with E-state index < -0.39 is 0 Å². The van der Waals surface area contributed by atoms with Crippen LogP contribution in [0.5, 0.6) is 0 Å². The molecule has 2 aliphatic rings. The number of hydrogen-bond acceptors (Lipinski definition) is 1. The van der Waals surface area contributed by atoms with Gasteiger partial charge in [-0.25, -0.2) is 0 Å². The van der Waals surface area contributed by atoms with E-state index in [-0.39, 0.29) is 12.4 Å². The zero-order valence-electron chi connectivity index (χ0n) is 10.5. The van der Waals surface area contributed by atoms with E-state index in [2.05, 4.69) is 36.6 Å². The molecule has 1 N–H and O–H groups in total. The lowest BCUT2D eigenvalue weighted by atomic mass is 9.62. The van der Waals surface area contributed by atoms with E-state index in [1.165, 1.54) is 38.5 Å². The fourth-order valence-electron chi connectivity index (χ4n) is 3.96. The van der Waals surface area contributed by atoms with Crippen molar-refractivity contribution < 1.29 is 0 Å². The summed E-state index contributed by atoms with van der Waals surface area (Å²) in [6.07, 6.45) is 8.20. The SMILES string of the molecule is CN[C@@]12CCCC[C@@H]1CCc1ccccc12.Cl. The molecule has 2 aliphatic carbocycles. The minimum absolute atomic E-state index is 0. The second-order valence-corrected chi connectivity index (χ2v) is 5.36. The van der Waals surface area contributed by atoms with E-state index in [0.717, 1.165) is 5.92 Å². The van der Waals surface area contributed by atoms with Crippen molar-refractivity contribution in [1.82, 2.24) is 5.32 Å². The predicted octanol–water partition coefficient (Wildman–Crippen LogP) is 3.66. The van der Waals surface area contributed by atoms with Gasteiger partial charge in [-0.2, -0.15) is 0 Å². The van der Waals surface area contributed by atoms with Crippen LogP contribution in [0.4, 0.5) is 0 Å². The summed E-state index contributed by atoms with van der Waals surface area (Å²) in [5.41, 5.74) is 3.47. The molecule has 0 radical (unpaired) electrons. The topological polar surface area (TPSA) is 12.0 Å². The fourth-order valence-corrected chi connectivity index (χ4v) is 3.96. The van der Waals surface area contributed by atoms with Crippen LogP contribution >= 0.6 is 12.4 Å². The normalized spacial score (nSPS) is 31.0. The van der Waals surface area contributed by atoms with Crippen LogP contribution in [0.2, 0.25) is 0 Å². The van der Waals surface area contributed by atoms with Gasteiger partial charge in [-0.15, -0.1) is 12.4 Å². The lowest BCUT2D eigenvalue weighted by Gasteiger charge is -2.48. The second kappa shape index (κ2) is 4.99. The van der Waals surface area contributed by atoms with Gasteiger partial charge in [-0.3, -0.25) is 0 Å². The third-order valence-corrected chi connectivity index (χ3v) is 4.78. The van der Waals surface area contributed by atoms with Gasteiger partial charge in [-0.1, -0.05) is 37.1 Å². The fraction of sp³-hybridized carbons (Fsp3) is 0.600. The number of hydrogen-bond donors (Lipinski definition) is 1. The monoisotopic (exact) mass is 251 g/mol. The van der Waals surface area contributed by atoms with Crippen molar-refractivity contribution in [2.75, 3.05) is 7.05 Å². The molecule has 0 spiro atoms. The highest BCUT2D eigenvalue weighted by atomic mass is 35.5. The first-order valence-electron chi connectivity index (χ1n) is 6.64. The summed E-state index contributed by atoms with van der Waals surface area (Å²) in [6.45, 7) is 0. The van der Waals surface area contributed by atoms with Gasteiger partial charge < -0.3 is 5.32 Å². The van der Waals surface area contributed by atoms with Crippen LogP contribution in [-0.4, -0.2) is 7.05 Å². The van der Waals surface area contributed by atoms with E-state index in [9.17, 15) is 0 Å². The van der Waals surface area contributed by atoms with Crippen LogP contribution < -0.4 is 5.32 Å². The lowest BCUT2D eigenvalue weighted by Crippen LogP contribution is -2.51. The first-order valence-corrected chi connectivity index (χ1v) is 6.64. The van der Waals surface area contributed by atoms with Gasteiger partial charge in [0.2, 0.25) is 0 Å². The largest absolute Gasteiger partial charge is 0.310 e. The first-order chi connectivity index (χ1) is 7.87. The molecule has 0 heterocycles. The predicted molar refractivity (Wildman–Crippen MR) is 74.7 cm³/mol. The van der Waals surface area contributed by atoms with Crippen LogP contribution in [0.25, 0.3) is 0 Å². The van der Waals surface area contributed by atoms with Crippen molar-refractivity contribution in [3.8, 4) is 0 Å². The van der Waals surface area contributed by atoms with Gasteiger partial charge in [0.1, 0.15) is 0 Å². The van der Waals surface area contributed by atoms with Crippen molar-refractivity contribution in [3.05, 3.63) is 35.4 Å². The molecule has 0 aromatic heterocycles. The molecule has 0 amide bonds. The molecule has 0 unspecified atom stereocenters. The molecule has 1 aromatic carbocycles. The van der Waals surface area contributed by atoms with Crippen molar-refractivity contribution >= 4 is 12.4 Å². The number of aryl methyl sites for hydroxylation is 1. The summed E-state index contributed by atoms with van der Waals surface area (Å²) in [5, 5.41) is 3.68. The van der Waals surface area contributed by atoms with Crippen molar-refractivity contribution in [2.24, 2.45) is 5.92 Å². The standard InChI is InChI=1S/C15H21N.ClH/c1-16-15-11-5-4-7-13(15)10-9-12-6-2-3-8-14(12)15;/h2-3,6,8,13,16H,4-5,7,9-11H2,1H3;1H/t13-,15+;/m1./s1. The Morgan fingerprint density at radius 2 is 2.00 bits per heavy atom. The minimum Gasteiger partial charge on any atom is -0.310 e. The Bertz CT molecular complexity index is 390. The van der Waals surface area contributed by atoms with E-state index in [1.807, 2.05) is 0 Å². The molecule has 94 valence electrons. The molecule has 2 heteroatoms. The molecular weight excluding hydrogens is 230 g/mol. The number of rotatable bonds is 1. The summed E-state index contributed by atoms with van der Waals surface area (Å²) in [7, 11) is 2.15. The molecule has 1 aromatic rings. The van der Waals surface area contributed by atoms with Crippen LogP contribution in [-0.2, 0) is 12.0 Å². The van der Waals surface area contributed by atoms with Gasteiger partial charge in [0.25, 0.3) is 0 Å². The average molecular weight is 252 g/mol. The minimum atomic E-state index is 0. The molecule has 1 fully saturated rings. The highest BCUT2D eigenvalue weighted by molar-refractivity contribution is 5.85. The summed E-state index contributed by atoms with van der Waals surface area (Å²) < 4.78 is 0. The van der Waals surface area contributed by atoms with Crippen molar-refractivity contribution in [2.45, 2.75) is 44.1 Å². The zero-order valence-corrected chi connectivity index (χ0v) is 11.4. The molecule has 17 heavy (non-hydrogen) atoms. The summed E-state index contributed by atoms with van der Waals surface area (Å²) in [6, 6.07) is 9.06. The van der Waals surface area contributed by atoms with Crippen molar-refractivity contribution in [3.63, 3.8) is 0 Å². The number of fused-ring (bicyclic) bond motifs is 3. The van der Waals surface area contributed by atoms with Gasteiger partial charge in [0, 0.05) is 5.54 Å². The Hall–Kier alpha value is -0.530. The van der Waals surface area contributed by atoms with Crippen LogP contribution in [0.15, 0.2) is 24.3 Å². The Labute approximate surface area is 110 Å². The molecular formula is C15H22ClN. The quantitative estimate of drug-likeness (QED) is 0.803. The molecule has 1 saturated carbocycles. The molecule has 0 bridgehead atoms. The number of benzene rings is 1. The summed E-state index contributed by atoms with van der Waals surface area (Å²) >= 11 is 0. The van der Waals surface area contributed by atoms with E-state index in [1.54, 1.807) is 11.1 Å². The average Bonchev–Trinajstić information content (AvgIpc) is 2.38.